The van der Waals surface area contributed by atoms with Crippen LogP contribution in [0.3, 0.4) is 0 Å². The van der Waals surface area contributed by atoms with Gasteiger partial charge in [-0.05, 0) is 81.6 Å². The van der Waals surface area contributed by atoms with E-state index in [0.29, 0.717) is 28.6 Å². The highest BCUT2D eigenvalue weighted by Crippen LogP contribution is 2.32. The van der Waals surface area contributed by atoms with Gasteiger partial charge in [0.15, 0.2) is 5.13 Å². The third kappa shape index (κ3) is 6.52. The molecule has 3 N–H and O–H groups in total. The third-order valence-electron chi connectivity index (χ3n) is 6.91. The van der Waals surface area contributed by atoms with Crippen molar-refractivity contribution in [1.82, 2.24) is 20.2 Å². The Morgan fingerprint density at radius 2 is 1.74 bits per heavy atom. The molecule has 1 aliphatic rings. The minimum Gasteiger partial charge on any atom is -0.457 e. The fourth-order valence-corrected chi connectivity index (χ4v) is 5.62. The average molecular weight is 545 g/mol. The second kappa shape index (κ2) is 11.8. The van der Waals surface area contributed by atoms with Crippen LogP contribution in [0, 0.1) is 0 Å². The summed E-state index contributed by atoms with van der Waals surface area (Å²) in [5, 5.41) is 8.75. The number of urea groups is 1. The predicted molar refractivity (Wildman–Crippen MR) is 155 cm³/mol. The SMILES string of the molecule is CNC(=O)c1cc(Oc2ccc3nc(NC(=O)Nc4ccc(C5CCN(C(C)C)CC5)cc4)sc3c2)ccn1. The van der Waals surface area contributed by atoms with Gasteiger partial charge in [-0.15, -0.1) is 0 Å². The molecule has 1 fully saturated rings. The molecule has 3 heterocycles. The lowest BCUT2D eigenvalue weighted by Crippen LogP contribution is -2.37. The van der Waals surface area contributed by atoms with E-state index in [4.69, 9.17) is 4.74 Å². The summed E-state index contributed by atoms with van der Waals surface area (Å²) in [6, 6.07) is 17.1. The molecule has 1 aliphatic heterocycles. The van der Waals surface area contributed by atoms with Crippen LogP contribution in [0.4, 0.5) is 15.6 Å². The first-order valence-electron chi connectivity index (χ1n) is 13.1. The Morgan fingerprint density at radius 3 is 2.46 bits per heavy atom. The Balaban J connectivity index is 1.18. The van der Waals surface area contributed by atoms with E-state index < -0.39 is 0 Å². The van der Waals surface area contributed by atoms with Crippen LogP contribution in [-0.4, -0.2) is 53.0 Å². The van der Waals surface area contributed by atoms with E-state index in [-0.39, 0.29) is 17.6 Å². The molecule has 4 aromatic rings. The highest BCUT2D eigenvalue weighted by atomic mass is 32.1. The van der Waals surface area contributed by atoms with Crippen LogP contribution in [0.25, 0.3) is 10.2 Å². The van der Waals surface area contributed by atoms with Gasteiger partial charge >= 0.3 is 6.03 Å². The summed E-state index contributed by atoms with van der Waals surface area (Å²) in [4.78, 5) is 35.6. The van der Waals surface area contributed by atoms with Gasteiger partial charge in [0.1, 0.15) is 17.2 Å². The summed E-state index contributed by atoms with van der Waals surface area (Å²) in [6.45, 7) is 6.76. The molecule has 9 nitrogen and oxygen atoms in total. The summed E-state index contributed by atoms with van der Waals surface area (Å²) in [7, 11) is 1.55. The van der Waals surface area contributed by atoms with Gasteiger partial charge in [0, 0.05) is 37.1 Å². The van der Waals surface area contributed by atoms with E-state index in [0.717, 1.165) is 41.8 Å². The minimum absolute atomic E-state index is 0.271. The van der Waals surface area contributed by atoms with Crippen LogP contribution in [0.1, 0.15) is 48.7 Å². The number of thiazole rings is 1. The number of carbonyl (C=O) groups excluding carboxylic acids is 2. The largest absolute Gasteiger partial charge is 0.457 e. The molecular weight excluding hydrogens is 512 g/mol. The number of hydrogen-bond acceptors (Lipinski definition) is 7. The van der Waals surface area contributed by atoms with Crippen molar-refractivity contribution in [2.24, 2.45) is 0 Å². The number of carbonyl (C=O) groups is 2. The predicted octanol–water partition coefficient (Wildman–Crippen LogP) is 6.08. The molecule has 5 rings (SSSR count). The zero-order chi connectivity index (χ0) is 27.4. The maximum atomic E-state index is 12.6. The van der Waals surface area contributed by atoms with Gasteiger partial charge in [0.25, 0.3) is 5.91 Å². The van der Waals surface area contributed by atoms with E-state index in [1.807, 2.05) is 24.3 Å². The maximum absolute atomic E-state index is 12.6. The monoisotopic (exact) mass is 544 g/mol. The van der Waals surface area contributed by atoms with Crippen molar-refractivity contribution in [3.05, 3.63) is 72.1 Å². The number of nitrogens with one attached hydrogen (secondary N) is 3. The number of piperidine rings is 1. The van der Waals surface area contributed by atoms with E-state index in [1.54, 1.807) is 25.2 Å². The molecule has 0 aliphatic carbocycles. The molecule has 1 saturated heterocycles. The molecule has 202 valence electrons. The highest BCUT2D eigenvalue weighted by Gasteiger charge is 2.22. The standard InChI is InChI=1S/C29H32N6O3S/c1-18(2)35-14-11-20(12-15-35)19-4-6-21(7-5-19)32-28(37)34-29-33-24-9-8-22(17-26(24)39-29)38-23-10-13-31-25(16-23)27(36)30-3/h4-10,13,16-18,20H,11-12,14-15H2,1-3H3,(H,30,36)(H2,32,33,34,37). The van der Waals surface area contributed by atoms with E-state index in [2.05, 4.69) is 56.8 Å². The fourth-order valence-electron chi connectivity index (χ4n) is 4.73. The van der Waals surface area contributed by atoms with Gasteiger partial charge in [-0.2, -0.15) is 0 Å². The number of aromatic nitrogens is 2. The Hall–Kier alpha value is -4.02. The van der Waals surface area contributed by atoms with Crippen molar-refractivity contribution in [1.29, 1.82) is 0 Å². The zero-order valence-electron chi connectivity index (χ0n) is 22.2. The smallest absolute Gasteiger partial charge is 0.325 e. The van der Waals surface area contributed by atoms with Gasteiger partial charge in [0.2, 0.25) is 0 Å². The molecule has 0 spiro atoms. The van der Waals surface area contributed by atoms with Crippen molar-refractivity contribution >= 4 is 44.3 Å². The quantitative estimate of drug-likeness (QED) is 0.260. The Morgan fingerprint density at radius 1 is 1.00 bits per heavy atom. The normalized spacial score (nSPS) is 14.4. The Kier molecular flexibility index (Phi) is 8.04. The molecule has 0 radical (unpaired) electrons. The molecular formula is C29H32N6O3S. The second-order valence-electron chi connectivity index (χ2n) is 9.81. The Bertz CT molecular complexity index is 1460. The fraction of sp³-hybridized carbons (Fsp3) is 0.310. The van der Waals surface area contributed by atoms with Gasteiger partial charge in [0.05, 0.1) is 10.2 Å². The lowest BCUT2D eigenvalue weighted by atomic mass is 9.89. The topological polar surface area (TPSA) is 108 Å². The third-order valence-corrected chi connectivity index (χ3v) is 7.84. The van der Waals surface area contributed by atoms with Crippen molar-refractivity contribution in [2.45, 2.75) is 38.6 Å². The lowest BCUT2D eigenvalue weighted by Gasteiger charge is -2.34. The summed E-state index contributed by atoms with van der Waals surface area (Å²) in [5.74, 6) is 1.37. The van der Waals surface area contributed by atoms with Crippen molar-refractivity contribution < 1.29 is 14.3 Å². The van der Waals surface area contributed by atoms with Crippen LogP contribution in [0.2, 0.25) is 0 Å². The molecule has 10 heteroatoms. The molecule has 0 saturated carbocycles. The first kappa shape index (κ1) is 26.6. The zero-order valence-corrected chi connectivity index (χ0v) is 23.0. The maximum Gasteiger partial charge on any atom is 0.325 e. The first-order valence-corrected chi connectivity index (χ1v) is 13.9. The molecule has 2 aromatic carbocycles. The number of nitrogens with zero attached hydrogens (tertiary/aromatic N) is 3. The number of likely N-dealkylation sites (tertiary alicyclic amines) is 1. The number of rotatable bonds is 7. The van der Waals surface area contributed by atoms with Gasteiger partial charge < -0.3 is 20.3 Å². The van der Waals surface area contributed by atoms with Crippen molar-refractivity contribution in [3.63, 3.8) is 0 Å². The summed E-state index contributed by atoms with van der Waals surface area (Å²) >= 11 is 1.35. The number of fused-ring (bicyclic) bond motifs is 1. The first-order chi connectivity index (χ1) is 18.9. The number of anilines is 2. The van der Waals surface area contributed by atoms with Crippen LogP contribution in [0.15, 0.2) is 60.8 Å². The minimum atomic E-state index is -0.345. The van der Waals surface area contributed by atoms with Gasteiger partial charge in [-0.3, -0.25) is 15.1 Å². The number of benzene rings is 2. The van der Waals surface area contributed by atoms with Crippen LogP contribution >= 0.6 is 11.3 Å². The molecule has 0 unspecified atom stereocenters. The molecule has 39 heavy (non-hydrogen) atoms. The molecule has 0 bridgehead atoms. The van der Waals surface area contributed by atoms with Crippen LogP contribution in [-0.2, 0) is 0 Å². The molecule has 3 amide bonds. The highest BCUT2D eigenvalue weighted by molar-refractivity contribution is 7.22. The van der Waals surface area contributed by atoms with E-state index in [9.17, 15) is 9.59 Å². The molecule has 0 atom stereocenters. The summed E-state index contributed by atoms with van der Waals surface area (Å²) in [5.41, 5.74) is 3.08. The van der Waals surface area contributed by atoms with Crippen LogP contribution in [0.5, 0.6) is 11.5 Å². The Labute approximate surface area is 231 Å². The van der Waals surface area contributed by atoms with Crippen molar-refractivity contribution in [3.8, 4) is 11.5 Å². The van der Waals surface area contributed by atoms with E-state index in [1.165, 1.54) is 23.1 Å². The van der Waals surface area contributed by atoms with E-state index >= 15 is 0 Å². The van der Waals surface area contributed by atoms with Gasteiger partial charge in [-0.25, -0.2) is 9.78 Å². The summed E-state index contributed by atoms with van der Waals surface area (Å²) in [6.07, 6.45) is 3.85. The second-order valence-corrected chi connectivity index (χ2v) is 10.8. The number of ether oxygens (including phenoxy) is 1. The number of hydrogen-bond donors (Lipinski definition) is 3. The number of pyridine rings is 1. The number of amides is 3. The summed E-state index contributed by atoms with van der Waals surface area (Å²) < 4.78 is 6.77. The van der Waals surface area contributed by atoms with Gasteiger partial charge in [-0.1, -0.05) is 23.5 Å². The lowest BCUT2D eigenvalue weighted by molar-refractivity contribution is 0.0957. The molecule has 2 aromatic heterocycles. The van der Waals surface area contributed by atoms with Crippen molar-refractivity contribution in [2.75, 3.05) is 30.8 Å². The average Bonchev–Trinajstić information content (AvgIpc) is 3.34. The van der Waals surface area contributed by atoms with Crippen LogP contribution < -0.4 is 20.7 Å².